The van der Waals surface area contributed by atoms with Gasteiger partial charge in [-0.3, -0.25) is 10.1 Å². The van der Waals surface area contributed by atoms with Crippen LogP contribution in [0.2, 0.25) is 0 Å². The Morgan fingerprint density at radius 3 is 2.59 bits per heavy atom. The molecule has 146 valence electrons. The number of carbonyl (C=O) groups is 1. The largest absolute Gasteiger partial charge is 0.497 e. The fraction of sp³-hybridized carbons (Fsp3) is 0.167. The molecule has 1 unspecified atom stereocenters. The lowest BCUT2D eigenvalue weighted by atomic mass is 9.91. The van der Waals surface area contributed by atoms with Crippen LogP contribution in [0, 0.1) is 5.92 Å². The maximum absolute atomic E-state index is 12.7. The first-order valence-corrected chi connectivity index (χ1v) is 10.4. The highest BCUT2D eigenvalue weighted by Gasteiger charge is 2.22. The van der Waals surface area contributed by atoms with Crippen LogP contribution in [0.4, 0.5) is 5.13 Å². The molecule has 3 aromatic rings. The molecule has 0 aliphatic heterocycles. The molecule has 0 radical (unpaired) electrons. The number of hydrogen-bond acceptors (Lipinski definition) is 4. The Morgan fingerprint density at radius 1 is 1.14 bits per heavy atom. The molecule has 1 heterocycles. The molecular weight excluding hydrogens is 380 g/mol. The molecule has 0 saturated heterocycles. The Morgan fingerprint density at radius 2 is 1.90 bits per heavy atom. The number of thiazole rings is 1. The van der Waals surface area contributed by atoms with Crippen LogP contribution in [0.5, 0.6) is 5.75 Å². The summed E-state index contributed by atoms with van der Waals surface area (Å²) in [6, 6.07) is 17.2. The number of benzene rings is 2. The molecule has 1 N–H and O–H groups in total. The van der Waals surface area contributed by atoms with Crippen LogP contribution in [0.1, 0.15) is 28.6 Å². The van der Waals surface area contributed by atoms with Crippen molar-refractivity contribution in [2.24, 2.45) is 5.92 Å². The van der Waals surface area contributed by atoms with Crippen LogP contribution in [0.25, 0.3) is 16.8 Å². The van der Waals surface area contributed by atoms with E-state index in [0.29, 0.717) is 16.6 Å². The van der Waals surface area contributed by atoms with Crippen LogP contribution >= 0.6 is 11.3 Å². The van der Waals surface area contributed by atoms with Crippen LogP contribution in [0.15, 0.2) is 72.8 Å². The van der Waals surface area contributed by atoms with Gasteiger partial charge in [-0.15, -0.1) is 0 Å². The molecule has 1 amide bonds. The predicted octanol–water partition coefficient (Wildman–Crippen LogP) is 6.05. The number of carbonyl (C=O) groups excluding carboxylic acids is 1. The molecular formula is C24H22N2O2S. The van der Waals surface area contributed by atoms with E-state index < -0.39 is 0 Å². The molecule has 5 heteroatoms. The van der Waals surface area contributed by atoms with Crippen LogP contribution < -0.4 is 10.1 Å². The maximum atomic E-state index is 12.7. The number of rotatable bonds is 5. The lowest BCUT2D eigenvalue weighted by Gasteiger charge is -2.16. The van der Waals surface area contributed by atoms with Crippen LogP contribution in [0.3, 0.4) is 0 Å². The molecule has 29 heavy (non-hydrogen) atoms. The van der Waals surface area contributed by atoms with Gasteiger partial charge < -0.3 is 4.74 Å². The summed E-state index contributed by atoms with van der Waals surface area (Å²) in [5.74, 6) is 0.946. The quantitative estimate of drug-likeness (QED) is 0.565. The molecule has 0 saturated carbocycles. The highest BCUT2D eigenvalue weighted by Crippen LogP contribution is 2.41. The lowest BCUT2D eigenvalue weighted by Crippen LogP contribution is -2.11. The second-order valence-corrected chi connectivity index (χ2v) is 7.93. The minimum atomic E-state index is -0.182. The zero-order valence-corrected chi connectivity index (χ0v) is 17.2. The molecule has 0 spiro atoms. The summed E-state index contributed by atoms with van der Waals surface area (Å²) in [7, 11) is 1.60. The summed E-state index contributed by atoms with van der Waals surface area (Å²) < 4.78 is 5.16. The number of aromatic nitrogens is 1. The average Bonchev–Trinajstić information content (AvgIpc) is 3.18. The minimum Gasteiger partial charge on any atom is -0.497 e. The topological polar surface area (TPSA) is 51.2 Å². The Hall–Kier alpha value is -3.18. The first-order chi connectivity index (χ1) is 14.2. The number of methoxy groups -OCH3 is 1. The third kappa shape index (κ3) is 4.15. The fourth-order valence-corrected chi connectivity index (χ4v) is 4.44. The van der Waals surface area contributed by atoms with Crippen molar-refractivity contribution in [1.29, 1.82) is 0 Å². The number of hydrogen-bond donors (Lipinski definition) is 1. The van der Waals surface area contributed by atoms with E-state index in [-0.39, 0.29) is 5.91 Å². The van der Waals surface area contributed by atoms with Gasteiger partial charge in [0.15, 0.2) is 5.13 Å². The summed E-state index contributed by atoms with van der Waals surface area (Å²) in [4.78, 5) is 18.6. The Bertz CT molecular complexity index is 1070. The highest BCUT2D eigenvalue weighted by atomic mass is 32.1. The van der Waals surface area contributed by atoms with Gasteiger partial charge in [-0.25, -0.2) is 4.98 Å². The molecule has 2 aromatic carbocycles. The molecule has 4 rings (SSSR count). The number of allylic oxidation sites excluding steroid dienone is 4. The molecule has 1 aromatic heterocycles. The van der Waals surface area contributed by atoms with Gasteiger partial charge in [0.2, 0.25) is 0 Å². The van der Waals surface area contributed by atoms with Crippen molar-refractivity contribution in [3.63, 3.8) is 0 Å². The van der Waals surface area contributed by atoms with Crippen molar-refractivity contribution in [2.75, 3.05) is 12.4 Å². The van der Waals surface area contributed by atoms with Gasteiger partial charge in [0, 0.05) is 11.1 Å². The van der Waals surface area contributed by atoms with Crippen molar-refractivity contribution in [3.05, 3.63) is 83.3 Å². The Labute approximate surface area is 174 Å². The summed E-state index contributed by atoms with van der Waals surface area (Å²) in [6.45, 7) is 2.22. The van der Waals surface area contributed by atoms with E-state index >= 15 is 0 Å². The molecule has 1 aliphatic carbocycles. The number of anilines is 1. The summed E-state index contributed by atoms with van der Waals surface area (Å²) >= 11 is 1.53. The van der Waals surface area contributed by atoms with E-state index in [1.165, 1.54) is 16.9 Å². The van der Waals surface area contributed by atoms with Gasteiger partial charge in [0.05, 0.1) is 17.7 Å². The third-order valence-corrected chi connectivity index (χ3v) is 5.96. The normalized spacial score (nSPS) is 15.7. The van der Waals surface area contributed by atoms with Gasteiger partial charge in [0.25, 0.3) is 5.91 Å². The number of ether oxygens (including phenoxy) is 1. The van der Waals surface area contributed by atoms with Gasteiger partial charge in [-0.05, 0) is 42.2 Å². The van der Waals surface area contributed by atoms with Gasteiger partial charge >= 0.3 is 0 Å². The summed E-state index contributed by atoms with van der Waals surface area (Å²) in [5, 5.41) is 3.56. The second-order valence-electron chi connectivity index (χ2n) is 6.93. The first-order valence-electron chi connectivity index (χ1n) is 9.54. The molecule has 1 atom stereocenters. The highest BCUT2D eigenvalue weighted by molar-refractivity contribution is 7.17. The van der Waals surface area contributed by atoms with Gasteiger partial charge in [-0.2, -0.15) is 0 Å². The van der Waals surface area contributed by atoms with Crippen LogP contribution in [-0.2, 0) is 0 Å². The summed E-state index contributed by atoms with van der Waals surface area (Å²) in [5.41, 5.74) is 3.78. The number of nitrogens with one attached hydrogen (secondary N) is 1. The fourth-order valence-electron chi connectivity index (χ4n) is 3.32. The Kier molecular flexibility index (Phi) is 5.58. The first kappa shape index (κ1) is 19.2. The van der Waals surface area contributed by atoms with Gasteiger partial charge in [0.1, 0.15) is 5.75 Å². The van der Waals surface area contributed by atoms with Crippen molar-refractivity contribution < 1.29 is 9.53 Å². The predicted molar refractivity (Wildman–Crippen MR) is 119 cm³/mol. The molecule has 0 bridgehead atoms. The average molecular weight is 403 g/mol. The third-order valence-electron chi connectivity index (χ3n) is 4.94. The second kappa shape index (κ2) is 8.45. The maximum Gasteiger partial charge on any atom is 0.257 e. The minimum absolute atomic E-state index is 0.182. The van der Waals surface area contributed by atoms with Crippen LogP contribution in [-0.4, -0.2) is 18.0 Å². The standard InChI is InChI=1S/C24H22N2O2S/c1-16-8-6-7-11-20(16)22-21(17-9-4-3-5-10-17)25-24(29-22)26-23(27)18-12-14-19(28-2)15-13-18/h3-7,9-16H,8H2,1-2H3,(H,25,26,27). The number of nitrogens with zero attached hydrogens (tertiary/aromatic N) is 1. The van der Waals surface area contributed by atoms with E-state index in [4.69, 9.17) is 9.72 Å². The van der Waals surface area contributed by atoms with Crippen molar-refractivity contribution in [1.82, 2.24) is 4.98 Å². The SMILES string of the molecule is COc1ccc(C(=O)Nc2nc(-c3ccccc3)c(C3=CC=CCC3C)s2)cc1. The zero-order chi connectivity index (χ0) is 20.2. The molecule has 0 fully saturated rings. The van der Waals surface area contributed by atoms with E-state index in [1.54, 1.807) is 31.4 Å². The monoisotopic (exact) mass is 402 g/mol. The number of amides is 1. The smallest absolute Gasteiger partial charge is 0.257 e. The van der Waals surface area contributed by atoms with E-state index in [2.05, 4.69) is 42.6 Å². The van der Waals surface area contributed by atoms with Gasteiger partial charge in [-0.1, -0.05) is 66.8 Å². The van der Waals surface area contributed by atoms with E-state index in [0.717, 1.165) is 28.3 Å². The van der Waals surface area contributed by atoms with Crippen molar-refractivity contribution in [2.45, 2.75) is 13.3 Å². The molecule has 4 nitrogen and oxygen atoms in total. The lowest BCUT2D eigenvalue weighted by molar-refractivity contribution is 0.102. The van der Waals surface area contributed by atoms with E-state index in [1.807, 2.05) is 18.2 Å². The Balaban J connectivity index is 1.68. The van der Waals surface area contributed by atoms with Crippen molar-refractivity contribution >= 4 is 27.9 Å². The molecule has 1 aliphatic rings. The van der Waals surface area contributed by atoms with Crippen molar-refractivity contribution in [3.8, 4) is 17.0 Å². The zero-order valence-electron chi connectivity index (χ0n) is 16.4. The summed E-state index contributed by atoms with van der Waals surface area (Å²) in [6.07, 6.45) is 7.44. The van der Waals surface area contributed by atoms with E-state index in [9.17, 15) is 4.79 Å².